The minimum Gasteiger partial charge on any atom is -0.496 e. The fourth-order valence-electron chi connectivity index (χ4n) is 3.46. The molecule has 2 atom stereocenters. The molecule has 0 aliphatic carbocycles. The van der Waals surface area contributed by atoms with Gasteiger partial charge in [-0.2, -0.15) is 5.26 Å². The van der Waals surface area contributed by atoms with E-state index in [0.717, 1.165) is 0 Å². The van der Waals surface area contributed by atoms with Crippen LogP contribution in [0.1, 0.15) is 17.1 Å². The maximum Gasteiger partial charge on any atom is 0.307 e. The quantitative estimate of drug-likeness (QED) is 0.622. The monoisotopic (exact) mass is 393 g/mol. The number of ether oxygens (including phenoxy) is 1. The van der Waals surface area contributed by atoms with Crippen molar-refractivity contribution in [3.8, 4) is 23.3 Å². The zero-order chi connectivity index (χ0) is 20.2. The van der Waals surface area contributed by atoms with Gasteiger partial charge in [0.15, 0.2) is 12.0 Å². The van der Waals surface area contributed by atoms with E-state index in [0.29, 0.717) is 36.6 Å². The van der Waals surface area contributed by atoms with Gasteiger partial charge in [-0.3, -0.25) is 9.48 Å². The third-order valence-corrected chi connectivity index (χ3v) is 4.82. The number of carbonyl (C=O) groups is 1. The maximum absolute atomic E-state index is 12.6. The number of para-hydroxylation sites is 1. The number of aromatic nitrogens is 4. The molecule has 10 heteroatoms. The summed E-state index contributed by atoms with van der Waals surface area (Å²) in [4.78, 5) is 18.3. The van der Waals surface area contributed by atoms with E-state index < -0.39 is 5.91 Å². The summed E-state index contributed by atoms with van der Waals surface area (Å²) in [6.45, 7) is 0.943. The highest BCUT2D eigenvalue weighted by Gasteiger charge is 2.33. The second-order valence-corrected chi connectivity index (χ2v) is 6.67. The van der Waals surface area contributed by atoms with Crippen LogP contribution in [0, 0.1) is 11.5 Å². The number of benzene rings is 1. The standard InChI is InChI=1S/C19H19N7O3/c1-28-16-5-3-2-4-15(16)17-9-21-19(29-17)18(27)23-13-8-14(25(10-13)12-20)11-26-7-6-22-24-26/h2-7,9,13-14H,8,10-11H2,1H3,(H,23,27)/t13-,14+/m1/s1. The van der Waals surface area contributed by atoms with Crippen molar-refractivity contribution in [3.05, 3.63) is 48.7 Å². The van der Waals surface area contributed by atoms with Gasteiger partial charge in [0.1, 0.15) is 5.75 Å². The third-order valence-electron chi connectivity index (χ3n) is 4.82. The number of amides is 1. The normalized spacial score (nSPS) is 18.4. The fraction of sp³-hybridized carbons (Fsp3) is 0.316. The van der Waals surface area contributed by atoms with Crippen molar-refractivity contribution in [1.29, 1.82) is 5.26 Å². The third kappa shape index (κ3) is 3.89. The maximum atomic E-state index is 12.6. The van der Waals surface area contributed by atoms with Gasteiger partial charge >= 0.3 is 5.91 Å². The lowest BCUT2D eigenvalue weighted by Gasteiger charge is -2.16. The molecule has 1 amide bonds. The number of likely N-dealkylation sites (tertiary alicyclic amines) is 1. The molecule has 0 saturated carbocycles. The molecule has 1 N–H and O–H groups in total. The summed E-state index contributed by atoms with van der Waals surface area (Å²) in [5.41, 5.74) is 0.714. The minimum atomic E-state index is -0.421. The molecular weight excluding hydrogens is 374 g/mol. The van der Waals surface area contributed by atoms with Crippen LogP contribution < -0.4 is 10.1 Å². The Morgan fingerprint density at radius 3 is 3.07 bits per heavy atom. The first-order chi connectivity index (χ1) is 14.2. The van der Waals surface area contributed by atoms with E-state index in [9.17, 15) is 10.1 Å². The predicted octanol–water partition coefficient (Wildman–Crippen LogP) is 1.30. The summed E-state index contributed by atoms with van der Waals surface area (Å²) in [5.74, 6) is 0.623. The summed E-state index contributed by atoms with van der Waals surface area (Å²) < 4.78 is 12.6. The predicted molar refractivity (Wildman–Crippen MR) is 100 cm³/mol. The van der Waals surface area contributed by atoms with Crippen LogP contribution in [0.4, 0.5) is 0 Å². The highest BCUT2D eigenvalue weighted by Crippen LogP contribution is 2.30. The zero-order valence-electron chi connectivity index (χ0n) is 15.7. The highest BCUT2D eigenvalue weighted by atomic mass is 16.5. The molecule has 1 fully saturated rings. The smallest absolute Gasteiger partial charge is 0.307 e. The topological polar surface area (TPSA) is 122 Å². The lowest BCUT2D eigenvalue weighted by molar-refractivity contribution is 0.0904. The Hall–Kier alpha value is -3.87. The SMILES string of the molecule is COc1ccccc1-c1cnc(C(=O)N[C@@H]2C[C@@H](Cn3ccnn3)N(C#N)C2)o1. The van der Waals surface area contributed by atoms with Crippen LogP contribution in [0.5, 0.6) is 5.75 Å². The lowest BCUT2D eigenvalue weighted by atomic mass is 10.1. The van der Waals surface area contributed by atoms with Crippen LogP contribution in [0.3, 0.4) is 0 Å². The Labute approximate surface area is 166 Å². The first-order valence-electron chi connectivity index (χ1n) is 9.08. The number of carbonyl (C=O) groups excluding carboxylic acids is 1. The van der Waals surface area contributed by atoms with Gasteiger partial charge in [-0.15, -0.1) is 5.10 Å². The van der Waals surface area contributed by atoms with Gasteiger partial charge in [0.05, 0.1) is 37.7 Å². The summed E-state index contributed by atoms with van der Waals surface area (Å²) in [5, 5.41) is 20.0. The molecule has 1 aliphatic rings. The van der Waals surface area contributed by atoms with Gasteiger partial charge in [0, 0.05) is 18.8 Å². The van der Waals surface area contributed by atoms with Crippen molar-refractivity contribution < 1.29 is 13.9 Å². The molecule has 0 spiro atoms. The van der Waals surface area contributed by atoms with E-state index in [1.807, 2.05) is 24.3 Å². The molecule has 3 heterocycles. The van der Waals surface area contributed by atoms with Gasteiger partial charge in [0.25, 0.3) is 5.89 Å². The number of rotatable bonds is 6. The zero-order valence-corrected chi connectivity index (χ0v) is 15.7. The molecule has 1 saturated heterocycles. The average molecular weight is 393 g/mol. The van der Waals surface area contributed by atoms with Crippen molar-refractivity contribution in [3.63, 3.8) is 0 Å². The second kappa shape index (κ2) is 8.02. The molecular formula is C19H19N7O3. The first kappa shape index (κ1) is 18.5. The van der Waals surface area contributed by atoms with Crippen molar-refractivity contribution in [2.75, 3.05) is 13.7 Å². The van der Waals surface area contributed by atoms with Gasteiger partial charge < -0.3 is 19.4 Å². The molecule has 1 aliphatic heterocycles. The number of hydrogen-bond acceptors (Lipinski definition) is 8. The van der Waals surface area contributed by atoms with Crippen LogP contribution in [0.2, 0.25) is 0 Å². The molecule has 3 aromatic rings. The van der Waals surface area contributed by atoms with Crippen LogP contribution in [-0.4, -0.2) is 56.5 Å². The van der Waals surface area contributed by atoms with E-state index in [-0.39, 0.29) is 18.0 Å². The largest absolute Gasteiger partial charge is 0.496 e. The molecule has 148 valence electrons. The van der Waals surface area contributed by atoms with Crippen molar-refractivity contribution in [2.45, 2.75) is 25.0 Å². The van der Waals surface area contributed by atoms with E-state index >= 15 is 0 Å². The first-order valence-corrected chi connectivity index (χ1v) is 9.08. The van der Waals surface area contributed by atoms with Crippen LogP contribution >= 0.6 is 0 Å². The Morgan fingerprint density at radius 1 is 1.45 bits per heavy atom. The lowest BCUT2D eigenvalue weighted by Crippen LogP contribution is -2.36. The van der Waals surface area contributed by atoms with Crippen LogP contribution in [-0.2, 0) is 6.54 Å². The van der Waals surface area contributed by atoms with Gasteiger partial charge in [-0.1, -0.05) is 17.3 Å². The number of hydrogen-bond donors (Lipinski definition) is 1. The molecule has 1 aromatic carbocycles. The van der Waals surface area contributed by atoms with Gasteiger partial charge in [0.2, 0.25) is 0 Å². The molecule has 4 rings (SSSR count). The Morgan fingerprint density at radius 2 is 2.31 bits per heavy atom. The molecule has 10 nitrogen and oxygen atoms in total. The van der Waals surface area contributed by atoms with E-state index in [2.05, 4.69) is 26.8 Å². The highest BCUT2D eigenvalue weighted by molar-refractivity contribution is 5.90. The second-order valence-electron chi connectivity index (χ2n) is 6.67. The molecule has 29 heavy (non-hydrogen) atoms. The number of oxazole rings is 1. The van der Waals surface area contributed by atoms with Crippen molar-refractivity contribution in [1.82, 2.24) is 30.2 Å². The summed E-state index contributed by atoms with van der Waals surface area (Å²) in [7, 11) is 1.57. The number of nitrogens with zero attached hydrogens (tertiary/aromatic N) is 6. The number of nitrogens with one attached hydrogen (secondary N) is 1. The Bertz CT molecular complexity index is 1020. The van der Waals surface area contributed by atoms with E-state index in [1.165, 1.54) is 6.20 Å². The Kier molecular flexibility index (Phi) is 5.11. The molecule has 0 unspecified atom stereocenters. The summed E-state index contributed by atoms with van der Waals surface area (Å²) in [6.07, 6.45) is 7.62. The van der Waals surface area contributed by atoms with Crippen LogP contribution in [0.25, 0.3) is 11.3 Å². The minimum absolute atomic E-state index is 0.0332. The van der Waals surface area contributed by atoms with Crippen molar-refractivity contribution >= 4 is 5.91 Å². The van der Waals surface area contributed by atoms with Crippen LogP contribution in [0.15, 0.2) is 47.3 Å². The van der Waals surface area contributed by atoms with Gasteiger partial charge in [-0.25, -0.2) is 4.98 Å². The summed E-state index contributed by atoms with van der Waals surface area (Å²) in [6, 6.07) is 7.07. The van der Waals surface area contributed by atoms with Gasteiger partial charge in [-0.05, 0) is 18.6 Å². The molecule has 2 aromatic heterocycles. The average Bonchev–Trinajstić information content (AvgIpc) is 3.49. The Balaban J connectivity index is 1.42. The fourth-order valence-corrected chi connectivity index (χ4v) is 3.46. The van der Waals surface area contributed by atoms with Crippen molar-refractivity contribution in [2.24, 2.45) is 0 Å². The molecule has 0 bridgehead atoms. The van der Waals surface area contributed by atoms with E-state index in [4.69, 9.17) is 9.15 Å². The number of nitriles is 1. The number of methoxy groups -OCH3 is 1. The van der Waals surface area contributed by atoms with E-state index in [1.54, 1.807) is 29.1 Å². The molecule has 0 radical (unpaired) electrons. The summed E-state index contributed by atoms with van der Waals surface area (Å²) >= 11 is 0.